The molecule has 0 saturated carbocycles. The highest BCUT2D eigenvalue weighted by Gasteiger charge is 2.19. The SMILES string of the molecule is COc1cccc(Nc2nc(N3CCOCC3)nc3c2cnn3CCc2ccccc2)c1. The molecule has 1 N–H and O–H groups in total. The molecule has 1 aliphatic rings. The van der Waals surface area contributed by atoms with E-state index in [1.807, 2.05) is 41.2 Å². The summed E-state index contributed by atoms with van der Waals surface area (Å²) in [4.78, 5) is 11.9. The van der Waals surface area contributed by atoms with Crippen LogP contribution in [0.4, 0.5) is 17.5 Å². The molecule has 1 aliphatic heterocycles. The second-order valence-corrected chi connectivity index (χ2v) is 7.67. The fraction of sp³-hybridized carbons (Fsp3) is 0.292. The van der Waals surface area contributed by atoms with Gasteiger partial charge in [0, 0.05) is 31.4 Å². The number of aromatic nitrogens is 4. The van der Waals surface area contributed by atoms with Crippen molar-refractivity contribution in [3.8, 4) is 5.75 Å². The number of ether oxygens (including phenoxy) is 2. The highest BCUT2D eigenvalue weighted by atomic mass is 16.5. The number of hydrogen-bond donors (Lipinski definition) is 1. The van der Waals surface area contributed by atoms with Crippen molar-refractivity contribution in [2.45, 2.75) is 13.0 Å². The summed E-state index contributed by atoms with van der Waals surface area (Å²) in [6.45, 7) is 3.62. The van der Waals surface area contributed by atoms with E-state index in [-0.39, 0.29) is 0 Å². The van der Waals surface area contributed by atoms with E-state index in [1.54, 1.807) is 7.11 Å². The van der Waals surface area contributed by atoms with Crippen molar-refractivity contribution in [3.63, 3.8) is 0 Å². The maximum Gasteiger partial charge on any atom is 0.229 e. The van der Waals surface area contributed by atoms with Gasteiger partial charge in [0.05, 0.1) is 31.9 Å². The van der Waals surface area contributed by atoms with Gasteiger partial charge in [0.2, 0.25) is 5.95 Å². The van der Waals surface area contributed by atoms with Gasteiger partial charge in [-0.3, -0.25) is 0 Å². The Labute approximate surface area is 186 Å². The van der Waals surface area contributed by atoms with Gasteiger partial charge in [-0.15, -0.1) is 0 Å². The van der Waals surface area contributed by atoms with Crippen molar-refractivity contribution in [2.75, 3.05) is 43.6 Å². The molecule has 32 heavy (non-hydrogen) atoms. The number of anilines is 3. The number of nitrogens with zero attached hydrogens (tertiary/aromatic N) is 5. The van der Waals surface area contributed by atoms with Gasteiger partial charge in [-0.1, -0.05) is 36.4 Å². The summed E-state index contributed by atoms with van der Waals surface area (Å²) in [5.41, 5.74) is 2.99. The molecule has 5 rings (SSSR count). The van der Waals surface area contributed by atoms with Gasteiger partial charge in [0.25, 0.3) is 0 Å². The summed E-state index contributed by atoms with van der Waals surface area (Å²) in [6.07, 6.45) is 2.72. The molecule has 0 bridgehead atoms. The van der Waals surface area contributed by atoms with Crippen LogP contribution in [0.3, 0.4) is 0 Å². The van der Waals surface area contributed by atoms with Crippen molar-refractivity contribution in [1.29, 1.82) is 0 Å². The average molecular weight is 431 g/mol. The van der Waals surface area contributed by atoms with Crippen molar-refractivity contribution >= 4 is 28.5 Å². The lowest BCUT2D eigenvalue weighted by Crippen LogP contribution is -2.37. The zero-order chi connectivity index (χ0) is 21.8. The molecule has 4 aromatic rings. The van der Waals surface area contributed by atoms with Crippen LogP contribution in [0.5, 0.6) is 5.75 Å². The standard InChI is InChI=1S/C24H26N6O2/c1-31-20-9-5-8-19(16-20)26-22-21-17-25-30(11-10-18-6-3-2-4-7-18)23(21)28-24(27-22)29-12-14-32-15-13-29/h2-9,16-17H,10-15H2,1H3,(H,26,27,28). The molecule has 0 aliphatic carbocycles. The smallest absolute Gasteiger partial charge is 0.229 e. The third-order valence-corrected chi connectivity index (χ3v) is 5.57. The Morgan fingerprint density at radius 1 is 1.03 bits per heavy atom. The zero-order valence-electron chi connectivity index (χ0n) is 18.1. The van der Waals surface area contributed by atoms with Crippen LogP contribution < -0.4 is 15.0 Å². The largest absolute Gasteiger partial charge is 0.497 e. The van der Waals surface area contributed by atoms with E-state index < -0.39 is 0 Å². The minimum absolute atomic E-state index is 0.674. The maximum absolute atomic E-state index is 5.51. The van der Waals surface area contributed by atoms with E-state index in [2.05, 4.69) is 39.6 Å². The van der Waals surface area contributed by atoms with Crippen molar-refractivity contribution < 1.29 is 9.47 Å². The summed E-state index contributed by atoms with van der Waals surface area (Å²) in [7, 11) is 1.66. The van der Waals surface area contributed by atoms with E-state index in [9.17, 15) is 0 Å². The van der Waals surface area contributed by atoms with Crippen molar-refractivity contribution in [1.82, 2.24) is 19.7 Å². The van der Waals surface area contributed by atoms with Gasteiger partial charge < -0.3 is 19.7 Å². The number of rotatable bonds is 7. The fourth-order valence-electron chi connectivity index (χ4n) is 3.82. The Hall–Kier alpha value is -3.65. The summed E-state index contributed by atoms with van der Waals surface area (Å²) >= 11 is 0. The van der Waals surface area contributed by atoms with Gasteiger partial charge in [0.1, 0.15) is 11.6 Å². The number of hydrogen-bond acceptors (Lipinski definition) is 7. The van der Waals surface area contributed by atoms with Crippen LogP contribution in [0.15, 0.2) is 60.8 Å². The molecule has 0 unspecified atom stereocenters. The molecule has 0 spiro atoms. The molecule has 3 heterocycles. The van der Waals surface area contributed by atoms with Crippen LogP contribution in [-0.2, 0) is 17.7 Å². The topological polar surface area (TPSA) is 77.3 Å². The number of methoxy groups -OCH3 is 1. The van der Waals surface area contributed by atoms with Crippen LogP contribution in [0.25, 0.3) is 11.0 Å². The second-order valence-electron chi connectivity index (χ2n) is 7.67. The van der Waals surface area contributed by atoms with Gasteiger partial charge in [-0.05, 0) is 24.1 Å². The van der Waals surface area contributed by atoms with E-state index in [0.717, 1.165) is 54.3 Å². The van der Waals surface area contributed by atoms with Crippen LogP contribution >= 0.6 is 0 Å². The lowest BCUT2D eigenvalue weighted by molar-refractivity contribution is 0.122. The summed E-state index contributed by atoms with van der Waals surface area (Å²) in [6, 6.07) is 18.2. The highest BCUT2D eigenvalue weighted by molar-refractivity contribution is 5.89. The molecule has 0 atom stereocenters. The summed E-state index contributed by atoms with van der Waals surface area (Å²) < 4.78 is 12.8. The number of fused-ring (bicyclic) bond motifs is 1. The third-order valence-electron chi connectivity index (χ3n) is 5.57. The highest BCUT2D eigenvalue weighted by Crippen LogP contribution is 2.28. The van der Waals surface area contributed by atoms with Gasteiger partial charge in [-0.25, -0.2) is 4.68 Å². The molecule has 2 aromatic heterocycles. The molecule has 8 heteroatoms. The number of morpholine rings is 1. The Kier molecular flexibility index (Phi) is 5.85. The predicted octanol–water partition coefficient (Wildman–Crippen LogP) is 3.66. The molecule has 1 saturated heterocycles. The molecule has 1 fully saturated rings. The average Bonchev–Trinajstić information content (AvgIpc) is 3.27. The quantitative estimate of drug-likeness (QED) is 0.479. The molecule has 0 radical (unpaired) electrons. The first kappa shape index (κ1) is 20.3. The monoisotopic (exact) mass is 430 g/mol. The van der Waals surface area contributed by atoms with E-state index in [4.69, 9.17) is 19.4 Å². The Bertz CT molecular complexity index is 1190. The summed E-state index contributed by atoms with van der Waals surface area (Å²) in [5, 5.41) is 8.97. The molecule has 8 nitrogen and oxygen atoms in total. The first-order valence-corrected chi connectivity index (χ1v) is 10.8. The zero-order valence-corrected chi connectivity index (χ0v) is 18.1. The van der Waals surface area contributed by atoms with Crippen LogP contribution in [0.2, 0.25) is 0 Å². The van der Waals surface area contributed by atoms with E-state index in [1.165, 1.54) is 5.56 Å². The van der Waals surface area contributed by atoms with Crippen LogP contribution in [-0.4, -0.2) is 53.2 Å². The summed E-state index contributed by atoms with van der Waals surface area (Å²) in [5.74, 6) is 2.20. The van der Waals surface area contributed by atoms with Crippen LogP contribution in [0.1, 0.15) is 5.56 Å². The fourth-order valence-corrected chi connectivity index (χ4v) is 3.82. The van der Waals surface area contributed by atoms with Gasteiger partial charge in [0.15, 0.2) is 5.65 Å². The van der Waals surface area contributed by atoms with Crippen LogP contribution in [0, 0.1) is 0 Å². The molecular weight excluding hydrogens is 404 g/mol. The Morgan fingerprint density at radius 2 is 1.88 bits per heavy atom. The number of aryl methyl sites for hydroxylation is 2. The second kappa shape index (κ2) is 9.23. The number of nitrogens with one attached hydrogen (secondary N) is 1. The lowest BCUT2D eigenvalue weighted by atomic mass is 10.1. The third kappa shape index (κ3) is 4.36. The van der Waals surface area contributed by atoms with Crippen molar-refractivity contribution in [3.05, 3.63) is 66.4 Å². The van der Waals surface area contributed by atoms with Crippen molar-refractivity contribution in [2.24, 2.45) is 0 Å². The van der Waals surface area contributed by atoms with E-state index >= 15 is 0 Å². The Balaban J connectivity index is 1.51. The minimum Gasteiger partial charge on any atom is -0.497 e. The first-order chi connectivity index (χ1) is 15.8. The molecular formula is C24H26N6O2. The minimum atomic E-state index is 0.674. The number of benzene rings is 2. The molecule has 0 amide bonds. The normalized spacial score (nSPS) is 14.0. The maximum atomic E-state index is 5.51. The first-order valence-electron chi connectivity index (χ1n) is 10.8. The predicted molar refractivity (Wildman–Crippen MR) is 125 cm³/mol. The lowest BCUT2D eigenvalue weighted by Gasteiger charge is -2.27. The molecule has 164 valence electrons. The van der Waals surface area contributed by atoms with Gasteiger partial charge >= 0.3 is 0 Å². The molecule has 2 aromatic carbocycles. The van der Waals surface area contributed by atoms with Gasteiger partial charge in [-0.2, -0.15) is 15.1 Å². The van der Waals surface area contributed by atoms with E-state index in [0.29, 0.717) is 19.2 Å². The Morgan fingerprint density at radius 3 is 2.69 bits per heavy atom.